The summed E-state index contributed by atoms with van der Waals surface area (Å²) in [5.41, 5.74) is 6.29. The lowest BCUT2D eigenvalue weighted by Gasteiger charge is -2.19. The van der Waals surface area contributed by atoms with Gasteiger partial charge in [0.1, 0.15) is 11.6 Å². The van der Waals surface area contributed by atoms with Crippen LogP contribution in [0.5, 0.6) is 0 Å². The molecule has 0 aromatic heterocycles. The number of halogens is 2. The van der Waals surface area contributed by atoms with Crippen LogP contribution in [0.25, 0.3) is 0 Å². The summed E-state index contributed by atoms with van der Waals surface area (Å²) >= 11 is 0. The van der Waals surface area contributed by atoms with E-state index in [1.165, 1.54) is 12.1 Å². The highest BCUT2D eigenvalue weighted by Gasteiger charge is 2.14. The summed E-state index contributed by atoms with van der Waals surface area (Å²) in [4.78, 5) is 0. The van der Waals surface area contributed by atoms with E-state index in [-0.39, 0.29) is 17.6 Å². The minimum absolute atomic E-state index is 0.200. The van der Waals surface area contributed by atoms with Gasteiger partial charge in [0.15, 0.2) is 0 Å². The van der Waals surface area contributed by atoms with Crippen molar-refractivity contribution in [2.24, 2.45) is 11.1 Å². The number of rotatable bonds is 5. The lowest BCUT2D eigenvalue weighted by molar-refractivity contribution is 0.0967. The van der Waals surface area contributed by atoms with Gasteiger partial charge in [-0.3, -0.25) is 0 Å². The molecule has 0 radical (unpaired) electrons. The molecule has 0 saturated heterocycles. The van der Waals surface area contributed by atoms with Crippen LogP contribution in [0.3, 0.4) is 0 Å². The summed E-state index contributed by atoms with van der Waals surface area (Å²) < 4.78 is 31.6. The van der Waals surface area contributed by atoms with E-state index in [4.69, 9.17) is 10.5 Å². The molecule has 4 heteroatoms. The van der Waals surface area contributed by atoms with Crippen molar-refractivity contribution in [1.29, 1.82) is 0 Å². The van der Waals surface area contributed by atoms with Gasteiger partial charge in [-0.2, -0.15) is 0 Å². The Hall–Kier alpha value is -1.00. The Morgan fingerprint density at radius 2 is 1.94 bits per heavy atom. The van der Waals surface area contributed by atoms with Crippen molar-refractivity contribution in [1.82, 2.24) is 0 Å². The summed E-state index contributed by atoms with van der Waals surface area (Å²) in [6, 6.07) is 2.84. The van der Waals surface area contributed by atoms with Crippen LogP contribution in [0.4, 0.5) is 8.78 Å². The van der Waals surface area contributed by atoms with E-state index in [0.29, 0.717) is 6.61 Å². The standard InChI is InChI=1S/C14H21F2NO/c1-14(2,3)6-7-18-9-13(17)11-5-4-10(15)8-12(11)16/h4-5,8,13H,6-7,9,17H2,1-3H3. The summed E-state index contributed by atoms with van der Waals surface area (Å²) in [6.45, 7) is 7.18. The van der Waals surface area contributed by atoms with Crippen molar-refractivity contribution >= 4 is 0 Å². The van der Waals surface area contributed by atoms with E-state index in [0.717, 1.165) is 12.5 Å². The molecule has 1 aromatic carbocycles. The van der Waals surface area contributed by atoms with Crippen molar-refractivity contribution in [3.63, 3.8) is 0 Å². The first-order valence-corrected chi connectivity index (χ1v) is 6.08. The van der Waals surface area contributed by atoms with Crippen LogP contribution in [-0.4, -0.2) is 13.2 Å². The van der Waals surface area contributed by atoms with Crippen LogP contribution in [0, 0.1) is 17.0 Å². The maximum atomic E-state index is 13.4. The fourth-order valence-electron chi connectivity index (χ4n) is 1.48. The predicted molar refractivity (Wildman–Crippen MR) is 68.2 cm³/mol. The van der Waals surface area contributed by atoms with E-state index in [2.05, 4.69) is 20.8 Å². The Morgan fingerprint density at radius 1 is 1.28 bits per heavy atom. The monoisotopic (exact) mass is 257 g/mol. The second kappa shape index (κ2) is 6.25. The van der Waals surface area contributed by atoms with Gasteiger partial charge in [-0.15, -0.1) is 0 Å². The minimum atomic E-state index is -0.623. The molecular formula is C14H21F2NO. The molecule has 0 aliphatic heterocycles. The second-order valence-electron chi connectivity index (χ2n) is 5.66. The molecule has 1 aromatic rings. The van der Waals surface area contributed by atoms with Gasteiger partial charge in [-0.05, 0) is 17.9 Å². The Morgan fingerprint density at radius 3 is 2.50 bits per heavy atom. The highest BCUT2D eigenvalue weighted by Crippen LogP contribution is 2.19. The maximum absolute atomic E-state index is 13.4. The average Bonchev–Trinajstić information content (AvgIpc) is 2.22. The third-order valence-corrected chi connectivity index (χ3v) is 2.66. The van der Waals surface area contributed by atoms with Crippen molar-refractivity contribution in [3.8, 4) is 0 Å². The predicted octanol–water partition coefficient (Wildman–Crippen LogP) is 3.42. The molecule has 2 N–H and O–H groups in total. The molecule has 0 aliphatic carbocycles. The van der Waals surface area contributed by atoms with Crippen LogP contribution in [-0.2, 0) is 4.74 Å². The van der Waals surface area contributed by atoms with E-state index < -0.39 is 17.7 Å². The normalized spacial score (nSPS) is 13.7. The van der Waals surface area contributed by atoms with E-state index in [1.54, 1.807) is 0 Å². The lowest BCUT2D eigenvalue weighted by atomic mass is 9.93. The van der Waals surface area contributed by atoms with Crippen molar-refractivity contribution in [2.75, 3.05) is 13.2 Å². The van der Waals surface area contributed by atoms with Crippen LogP contribution >= 0.6 is 0 Å². The zero-order valence-electron chi connectivity index (χ0n) is 11.2. The molecule has 0 spiro atoms. The smallest absolute Gasteiger partial charge is 0.130 e. The van der Waals surface area contributed by atoms with Crippen molar-refractivity contribution < 1.29 is 13.5 Å². The molecule has 1 rings (SSSR count). The highest BCUT2D eigenvalue weighted by molar-refractivity contribution is 5.21. The van der Waals surface area contributed by atoms with Crippen LogP contribution in [0.1, 0.15) is 38.8 Å². The van der Waals surface area contributed by atoms with E-state index in [1.807, 2.05) is 0 Å². The first kappa shape index (κ1) is 15.1. The number of benzene rings is 1. The summed E-state index contributed by atoms with van der Waals surface area (Å²) in [6.07, 6.45) is 0.908. The molecule has 0 heterocycles. The summed E-state index contributed by atoms with van der Waals surface area (Å²) in [5, 5.41) is 0. The first-order valence-electron chi connectivity index (χ1n) is 6.08. The van der Waals surface area contributed by atoms with Gasteiger partial charge in [-0.25, -0.2) is 8.78 Å². The Bertz CT molecular complexity index is 388. The molecule has 18 heavy (non-hydrogen) atoms. The Labute approximate surface area is 107 Å². The Kier molecular flexibility index (Phi) is 5.23. The minimum Gasteiger partial charge on any atom is -0.379 e. The molecular weight excluding hydrogens is 236 g/mol. The van der Waals surface area contributed by atoms with Crippen molar-refractivity contribution in [3.05, 3.63) is 35.4 Å². The first-order chi connectivity index (χ1) is 8.29. The van der Waals surface area contributed by atoms with Crippen LogP contribution in [0.15, 0.2) is 18.2 Å². The fraction of sp³-hybridized carbons (Fsp3) is 0.571. The Balaban J connectivity index is 2.43. The van der Waals surface area contributed by atoms with Crippen LogP contribution < -0.4 is 5.73 Å². The zero-order chi connectivity index (χ0) is 13.8. The molecule has 0 fully saturated rings. The summed E-state index contributed by atoms with van der Waals surface area (Å²) in [5.74, 6) is -1.22. The molecule has 102 valence electrons. The third kappa shape index (κ3) is 5.10. The topological polar surface area (TPSA) is 35.2 Å². The van der Waals surface area contributed by atoms with Gasteiger partial charge >= 0.3 is 0 Å². The molecule has 1 unspecified atom stereocenters. The van der Waals surface area contributed by atoms with Gasteiger partial charge in [0.2, 0.25) is 0 Å². The van der Waals surface area contributed by atoms with Gasteiger partial charge in [0, 0.05) is 18.2 Å². The number of hydrogen-bond donors (Lipinski definition) is 1. The van der Waals surface area contributed by atoms with Crippen LogP contribution in [0.2, 0.25) is 0 Å². The number of ether oxygens (including phenoxy) is 1. The quantitative estimate of drug-likeness (QED) is 0.820. The molecule has 0 aliphatic rings. The SMILES string of the molecule is CC(C)(C)CCOCC(N)c1ccc(F)cc1F. The van der Waals surface area contributed by atoms with E-state index >= 15 is 0 Å². The zero-order valence-corrected chi connectivity index (χ0v) is 11.2. The van der Waals surface area contributed by atoms with Crippen molar-refractivity contribution in [2.45, 2.75) is 33.2 Å². The fourth-order valence-corrected chi connectivity index (χ4v) is 1.48. The lowest BCUT2D eigenvalue weighted by Crippen LogP contribution is -2.20. The van der Waals surface area contributed by atoms with Gasteiger partial charge in [-0.1, -0.05) is 26.8 Å². The third-order valence-electron chi connectivity index (χ3n) is 2.66. The molecule has 1 atom stereocenters. The average molecular weight is 257 g/mol. The molecule has 0 bridgehead atoms. The maximum Gasteiger partial charge on any atom is 0.130 e. The molecule has 0 amide bonds. The largest absolute Gasteiger partial charge is 0.379 e. The van der Waals surface area contributed by atoms with Gasteiger partial charge in [0.05, 0.1) is 12.6 Å². The van der Waals surface area contributed by atoms with Gasteiger partial charge < -0.3 is 10.5 Å². The number of nitrogens with two attached hydrogens (primary N) is 1. The second-order valence-corrected chi connectivity index (χ2v) is 5.66. The van der Waals surface area contributed by atoms with Gasteiger partial charge in [0.25, 0.3) is 0 Å². The van der Waals surface area contributed by atoms with E-state index in [9.17, 15) is 8.78 Å². The number of hydrogen-bond acceptors (Lipinski definition) is 2. The highest BCUT2D eigenvalue weighted by atomic mass is 19.1. The molecule has 0 saturated carbocycles. The summed E-state index contributed by atoms with van der Waals surface area (Å²) in [7, 11) is 0. The molecule has 2 nitrogen and oxygen atoms in total.